The van der Waals surface area contributed by atoms with E-state index < -0.39 is 0 Å². The highest BCUT2D eigenvalue weighted by Crippen LogP contribution is 2.20. The molecule has 1 aromatic rings. The van der Waals surface area contributed by atoms with Gasteiger partial charge in [-0.1, -0.05) is 29.8 Å². The summed E-state index contributed by atoms with van der Waals surface area (Å²) in [5.74, 6) is 0.921. The van der Waals surface area contributed by atoms with Crippen molar-refractivity contribution in [1.29, 1.82) is 0 Å². The second kappa shape index (κ2) is 2.70. The molecule has 0 saturated heterocycles. The molecule has 0 aliphatic heterocycles. The summed E-state index contributed by atoms with van der Waals surface area (Å²) in [5.41, 5.74) is 0.0521. The molecule has 0 aliphatic carbocycles. The summed E-state index contributed by atoms with van der Waals surface area (Å²) < 4.78 is 0. The molecule has 0 aromatic carbocycles. The second-order valence-corrected chi connectivity index (χ2v) is 3.41. The molecule has 0 spiro atoms. The summed E-state index contributed by atoms with van der Waals surface area (Å²) in [6.07, 6.45) is 1.53. The Morgan fingerprint density at radius 3 is 2.80 bits per heavy atom. The fraction of sp³-hybridized carbons (Fsp3) is 0.667. The Balaban J connectivity index is 2.85. The minimum atomic E-state index is 0.0521. The first-order valence-corrected chi connectivity index (χ1v) is 4.21. The van der Waals surface area contributed by atoms with Gasteiger partial charge in [0.1, 0.15) is 12.2 Å². The smallest absolute Gasteiger partial charge is 0.137 e. The van der Waals surface area contributed by atoms with Gasteiger partial charge in [-0.25, -0.2) is 4.98 Å². The van der Waals surface area contributed by atoms with Crippen LogP contribution in [0.2, 0.25) is 0 Å². The van der Waals surface area contributed by atoms with Crippen LogP contribution >= 0.6 is 15.9 Å². The standard InChI is InChI=1S/C6H10BrN3/c1-6(2,3-7)5-8-4-9-10-5/h4H,3H2,1-2H3,(H,8,9,10). The summed E-state index contributed by atoms with van der Waals surface area (Å²) in [4.78, 5) is 4.06. The van der Waals surface area contributed by atoms with Crippen LogP contribution in [-0.4, -0.2) is 20.5 Å². The van der Waals surface area contributed by atoms with E-state index in [1.165, 1.54) is 6.33 Å². The van der Waals surface area contributed by atoms with Gasteiger partial charge in [0.05, 0.1) is 0 Å². The van der Waals surface area contributed by atoms with Gasteiger partial charge in [0.25, 0.3) is 0 Å². The summed E-state index contributed by atoms with van der Waals surface area (Å²) in [6.45, 7) is 4.20. The number of rotatable bonds is 2. The third kappa shape index (κ3) is 1.37. The molecule has 3 nitrogen and oxygen atoms in total. The number of hydrogen-bond acceptors (Lipinski definition) is 2. The Morgan fingerprint density at radius 1 is 1.70 bits per heavy atom. The fourth-order valence-electron chi connectivity index (χ4n) is 0.595. The maximum atomic E-state index is 4.06. The lowest BCUT2D eigenvalue weighted by atomic mass is 9.96. The summed E-state index contributed by atoms with van der Waals surface area (Å²) >= 11 is 3.40. The number of nitrogens with one attached hydrogen (secondary N) is 1. The maximum Gasteiger partial charge on any atom is 0.137 e. The van der Waals surface area contributed by atoms with Gasteiger partial charge in [0.15, 0.2) is 0 Å². The maximum absolute atomic E-state index is 4.06. The molecule has 0 radical (unpaired) electrons. The van der Waals surface area contributed by atoms with Gasteiger partial charge >= 0.3 is 0 Å². The Hall–Kier alpha value is -0.380. The Morgan fingerprint density at radius 2 is 2.40 bits per heavy atom. The quantitative estimate of drug-likeness (QED) is 0.741. The van der Waals surface area contributed by atoms with Crippen LogP contribution in [-0.2, 0) is 5.41 Å². The molecule has 1 rings (SSSR count). The highest BCUT2D eigenvalue weighted by Gasteiger charge is 2.21. The van der Waals surface area contributed by atoms with Crippen molar-refractivity contribution in [2.45, 2.75) is 19.3 Å². The van der Waals surface area contributed by atoms with E-state index in [0.717, 1.165) is 11.2 Å². The van der Waals surface area contributed by atoms with Crippen LogP contribution in [0.15, 0.2) is 6.33 Å². The highest BCUT2D eigenvalue weighted by molar-refractivity contribution is 9.09. The van der Waals surface area contributed by atoms with Crippen LogP contribution in [0.5, 0.6) is 0 Å². The number of alkyl halides is 1. The van der Waals surface area contributed by atoms with Crippen LogP contribution in [0.1, 0.15) is 19.7 Å². The first-order chi connectivity index (χ1) is 4.67. The van der Waals surface area contributed by atoms with Crippen molar-refractivity contribution >= 4 is 15.9 Å². The number of hydrogen-bond donors (Lipinski definition) is 1. The van der Waals surface area contributed by atoms with E-state index in [1.807, 2.05) is 0 Å². The van der Waals surface area contributed by atoms with Gasteiger partial charge in [-0.15, -0.1) is 0 Å². The first kappa shape index (κ1) is 7.72. The number of halogens is 1. The molecule has 1 N–H and O–H groups in total. The van der Waals surface area contributed by atoms with Gasteiger partial charge in [-0.3, -0.25) is 5.10 Å². The van der Waals surface area contributed by atoms with E-state index in [-0.39, 0.29) is 5.41 Å². The molecule has 4 heteroatoms. The zero-order valence-corrected chi connectivity index (χ0v) is 7.64. The zero-order valence-electron chi connectivity index (χ0n) is 6.06. The molecule has 1 aromatic heterocycles. The van der Waals surface area contributed by atoms with Crippen LogP contribution in [0.25, 0.3) is 0 Å². The molecular weight excluding hydrogens is 194 g/mol. The van der Waals surface area contributed by atoms with Crippen molar-refractivity contribution in [1.82, 2.24) is 15.2 Å². The minimum absolute atomic E-state index is 0.0521. The molecule has 0 unspecified atom stereocenters. The van der Waals surface area contributed by atoms with E-state index in [4.69, 9.17) is 0 Å². The van der Waals surface area contributed by atoms with Gasteiger partial charge in [0, 0.05) is 10.7 Å². The summed E-state index contributed by atoms with van der Waals surface area (Å²) in [6, 6.07) is 0. The molecule has 0 amide bonds. The Labute approximate surface area is 68.4 Å². The van der Waals surface area contributed by atoms with Gasteiger partial charge in [-0.2, -0.15) is 5.10 Å². The topological polar surface area (TPSA) is 41.6 Å². The number of aromatic nitrogens is 3. The number of nitrogens with zero attached hydrogens (tertiary/aromatic N) is 2. The zero-order chi connectivity index (χ0) is 7.61. The average molecular weight is 204 g/mol. The average Bonchev–Trinajstić information content (AvgIpc) is 2.38. The number of aromatic amines is 1. The molecule has 0 bridgehead atoms. The van der Waals surface area contributed by atoms with E-state index in [9.17, 15) is 0 Å². The van der Waals surface area contributed by atoms with Crippen molar-refractivity contribution in [3.63, 3.8) is 0 Å². The molecule has 0 atom stereocenters. The van der Waals surface area contributed by atoms with E-state index >= 15 is 0 Å². The lowest BCUT2D eigenvalue weighted by Crippen LogP contribution is -2.20. The summed E-state index contributed by atoms with van der Waals surface area (Å²) in [5, 5.41) is 7.50. The van der Waals surface area contributed by atoms with Crippen molar-refractivity contribution in [3.05, 3.63) is 12.2 Å². The van der Waals surface area contributed by atoms with Crippen LogP contribution in [0.4, 0.5) is 0 Å². The first-order valence-electron chi connectivity index (χ1n) is 3.08. The predicted molar refractivity (Wildman–Crippen MR) is 43.2 cm³/mol. The Kier molecular flexibility index (Phi) is 2.08. The lowest BCUT2D eigenvalue weighted by molar-refractivity contribution is 0.563. The van der Waals surface area contributed by atoms with Crippen molar-refractivity contribution in [2.75, 3.05) is 5.33 Å². The van der Waals surface area contributed by atoms with E-state index in [0.29, 0.717) is 0 Å². The fourth-order valence-corrected chi connectivity index (χ4v) is 0.860. The van der Waals surface area contributed by atoms with Gasteiger partial charge in [-0.05, 0) is 0 Å². The summed E-state index contributed by atoms with van der Waals surface area (Å²) in [7, 11) is 0. The van der Waals surface area contributed by atoms with Crippen molar-refractivity contribution in [2.24, 2.45) is 0 Å². The SMILES string of the molecule is CC(C)(CBr)c1ncn[nH]1. The largest absolute Gasteiger partial charge is 0.263 e. The monoisotopic (exact) mass is 203 g/mol. The molecule has 10 heavy (non-hydrogen) atoms. The van der Waals surface area contributed by atoms with Gasteiger partial charge < -0.3 is 0 Å². The molecular formula is C6H10BrN3. The van der Waals surface area contributed by atoms with Gasteiger partial charge in [0.2, 0.25) is 0 Å². The van der Waals surface area contributed by atoms with E-state index in [1.54, 1.807) is 0 Å². The molecule has 0 aliphatic rings. The third-order valence-corrected chi connectivity index (χ3v) is 2.79. The minimum Gasteiger partial charge on any atom is -0.263 e. The van der Waals surface area contributed by atoms with Crippen molar-refractivity contribution in [3.8, 4) is 0 Å². The van der Waals surface area contributed by atoms with Crippen LogP contribution in [0, 0.1) is 0 Å². The van der Waals surface area contributed by atoms with Crippen molar-refractivity contribution < 1.29 is 0 Å². The molecule has 0 fully saturated rings. The van der Waals surface area contributed by atoms with Crippen LogP contribution < -0.4 is 0 Å². The predicted octanol–water partition coefficient (Wildman–Crippen LogP) is 1.48. The second-order valence-electron chi connectivity index (χ2n) is 2.85. The third-order valence-electron chi connectivity index (χ3n) is 1.39. The highest BCUT2D eigenvalue weighted by atomic mass is 79.9. The lowest BCUT2D eigenvalue weighted by Gasteiger charge is -2.16. The number of H-pyrrole nitrogens is 1. The molecule has 0 saturated carbocycles. The molecule has 56 valence electrons. The normalized spacial score (nSPS) is 11.9. The molecule has 1 heterocycles. The van der Waals surface area contributed by atoms with Crippen LogP contribution in [0.3, 0.4) is 0 Å². The van der Waals surface area contributed by atoms with E-state index in [2.05, 4.69) is 45.0 Å². The Bertz CT molecular complexity index is 193.